The van der Waals surface area contributed by atoms with Crippen molar-refractivity contribution in [3.63, 3.8) is 0 Å². The third-order valence-corrected chi connectivity index (χ3v) is 8.57. The molecule has 1 saturated carbocycles. The van der Waals surface area contributed by atoms with E-state index < -0.39 is 16.6 Å². The molecule has 2 N–H and O–H groups in total. The molecule has 5 rings (SSSR count). The fraction of sp³-hybridized carbons (Fsp3) is 0.654. The Morgan fingerprint density at radius 1 is 1.35 bits per heavy atom. The number of alkyl halides is 1. The van der Waals surface area contributed by atoms with Gasteiger partial charge in [0.15, 0.2) is 17.2 Å². The number of ether oxygens (including phenoxy) is 2. The Bertz CT molecular complexity index is 1060. The fourth-order valence-corrected chi connectivity index (χ4v) is 7.41. The highest BCUT2D eigenvalue weighted by molar-refractivity contribution is 6.08. The number of guanidine groups is 1. The molecule has 3 unspecified atom stereocenters. The van der Waals surface area contributed by atoms with Crippen molar-refractivity contribution < 1.29 is 18.7 Å². The summed E-state index contributed by atoms with van der Waals surface area (Å²) in [6.45, 7) is 4.61. The number of amides is 1. The molecule has 6 atom stereocenters. The first-order chi connectivity index (χ1) is 16.2. The molecule has 2 spiro atoms. The van der Waals surface area contributed by atoms with Gasteiger partial charge in [0.2, 0.25) is 0 Å². The van der Waals surface area contributed by atoms with Crippen LogP contribution < -0.4 is 5.73 Å². The topological polar surface area (TPSA) is 101 Å². The number of halogens is 1. The van der Waals surface area contributed by atoms with E-state index in [0.29, 0.717) is 31.4 Å². The summed E-state index contributed by atoms with van der Waals surface area (Å²) in [5, 5.41) is 9.59. The molecule has 0 radical (unpaired) electrons. The predicted octanol–water partition coefficient (Wildman–Crippen LogP) is 3.05. The molecule has 7 nitrogen and oxygen atoms in total. The number of benzene rings is 1. The van der Waals surface area contributed by atoms with E-state index in [-0.39, 0.29) is 43.0 Å². The van der Waals surface area contributed by atoms with Crippen LogP contribution in [0.25, 0.3) is 0 Å². The molecule has 1 aromatic carbocycles. The van der Waals surface area contributed by atoms with Crippen molar-refractivity contribution in [1.82, 2.24) is 4.90 Å². The number of fused-ring (bicyclic) bond motifs is 3. The number of nitrogens with two attached hydrogens (primary N) is 1. The molecule has 4 aliphatic rings. The average molecular weight is 469 g/mol. The fourth-order valence-electron chi connectivity index (χ4n) is 7.41. The number of hydrogen-bond acceptors (Lipinski definition) is 6. The Labute approximate surface area is 200 Å². The molecule has 1 amide bonds. The lowest BCUT2D eigenvalue weighted by molar-refractivity contribution is -0.144. The largest absolute Gasteiger partial charge is 0.381 e. The number of methoxy groups -OCH3 is 1. The van der Waals surface area contributed by atoms with Crippen LogP contribution in [0.2, 0.25) is 0 Å². The lowest BCUT2D eigenvalue weighted by atomic mass is 9.56. The highest BCUT2D eigenvalue weighted by Gasteiger charge is 2.68. The first-order valence-electron chi connectivity index (χ1n) is 12.2. The monoisotopic (exact) mass is 468 g/mol. The van der Waals surface area contributed by atoms with Crippen molar-refractivity contribution in [3.05, 3.63) is 34.9 Å². The van der Waals surface area contributed by atoms with Crippen molar-refractivity contribution in [1.29, 1.82) is 5.26 Å². The van der Waals surface area contributed by atoms with Crippen LogP contribution in [0.5, 0.6) is 0 Å². The van der Waals surface area contributed by atoms with E-state index >= 15 is 4.39 Å². The number of nitriles is 1. The molecule has 2 fully saturated rings. The molecule has 2 heterocycles. The van der Waals surface area contributed by atoms with Crippen molar-refractivity contribution in [2.75, 3.05) is 26.9 Å². The van der Waals surface area contributed by atoms with Crippen LogP contribution in [0.15, 0.2) is 23.2 Å². The summed E-state index contributed by atoms with van der Waals surface area (Å²) in [6.07, 6.45) is 3.13. The van der Waals surface area contributed by atoms with Gasteiger partial charge in [-0.25, -0.2) is 9.38 Å². The normalized spacial score (nSPS) is 39.4. The van der Waals surface area contributed by atoms with E-state index in [0.717, 1.165) is 24.0 Å². The van der Waals surface area contributed by atoms with Crippen molar-refractivity contribution in [2.24, 2.45) is 28.0 Å². The van der Waals surface area contributed by atoms with Gasteiger partial charge in [-0.15, -0.1) is 0 Å². The van der Waals surface area contributed by atoms with Gasteiger partial charge in [0.25, 0.3) is 5.91 Å². The molecule has 2 aliphatic heterocycles. The van der Waals surface area contributed by atoms with Crippen LogP contribution in [-0.2, 0) is 26.2 Å². The Kier molecular flexibility index (Phi) is 5.49. The number of carbonyl (C=O) groups is 1. The van der Waals surface area contributed by atoms with E-state index in [9.17, 15) is 10.1 Å². The highest BCUT2D eigenvalue weighted by Crippen LogP contribution is 2.63. The van der Waals surface area contributed by atoms with E-state index in [2.05, 4.69) is 19.9 Å². The third-order valence-electron chi connectivity index (χ3n) is 8.57. The summed E-state index contributed by atoms with van der Waals surface area (Å²) in [4.78, 5) is 20.6. The second-order valence-electron chi connectivity index (χ2n) is 10.9. The van der Waals surface area contributed by atoms with Crippen LogP contribution in [0.3, 0.4) is 0 Å². The molecule has 1 aromatic rings. The molecular weight excluding hydrogens is 435 g/mol. The maximum atomic E-state index is 15.6. The Hall–Kier alpha value is -2.50. The zero-order chi connectivity index (χ0) is 24.3. The molecule has 0 aromatic heterocycles. The number of nitrogens with zero attached hydrogens (tertiary/aromatic N) is 3. The van der Waals surface area contributed by atoms with Gasteiger partial charge in [-0.2, -0.15) is 5.26 Å². The Morgan fingerprint density at radius 2 is 2.09 bits per heavy atom. The Morgan fingerprint density at radius 3 is 2.71 bits per heavy atom. The van der Waals surface area contributed by atoms with Crippen LogP contribution in [0.4, 0.5) is 4.39 Å². The summed E-state index contributed by atoms with van der Waals surface area (Å²) < 4.78 is 26.8. The van der Waals surface area contributed by atoms with Crippen molar-refractivity contribution in [2.45, 2.75) is 63.3 Å². The molecule has 0 bridgehead atoms. The molecule has 2 aliphatic carbocycles. The van der Waals surface area contributed by atoms with Crippen LogP contribution in [0.1, 0.15) is 56.2 Å². The van der Waals surface area contributed by atoms with Gasteiger partial charge in [0.05, 0.1) is 30.9 Å². The van der Waals surface area contributed by atoms with Crippen LogP contribution in [-0.4, -0.2) is 55.4 Å². The minimum Gasteiger partial charge on any atom is -0.381 e. The second-order valence-corrected chi connectivity index (χ2v) is 10.9. The van der Waals surface area contributed by atoms with Crippen molar-refractivity contribution >= 4 is 11.9 Å². The van der Waals surface area contributed by atoms with Gasteiger partial charge in [-0.3, -0.25) is 9.69 Å². The summed E-state index contributed by atoms with van der Waals surface area (Å²) >= 11 is 0. The summed E-state index contributed by atoms with van der Waals surface area (Å²) in [7, 11) is 1.74. The standard InChI is InChI=1S/C26H33FN4O3/c1-16-10-24(11-17(2)21(16)33-3)12-19-6-5-18(13-28)9-20(19)26(24)22(32)31(23(29)30-26)14-25(27)7-4-8-34-15-25/h5-6,9,16-17,21H,4,7-8,10-12,14-15H2,1-3H3,(H2,29,30)/t16-,17+,21?,24?,25?,26-/m1/s1. The SMILES string of the molecule is COC1[C@H](C)CC2(Cc3ccc(C#N)cc3[C@]23N=C(N)N(CC2(F)CCCOC2)C3=O)C[C@@H]1C. The van der Waals surface area contributed by atoms with Crippen LogP contribution >= 0.6 is 0 Å². The first kappa shape index (κ1) is 23.3. The average Bonchev–Trinajstić information content (AvgIpc) is 3.19. The summed E-state index contributed by atoms with van der Waals surface area (Å²) in [5.41, 5.74) is 5.20. The molecular formula is C26H33FN4O3. The van der Waals surface area contributed by atoms with Crippen molar-refractivity contribution in [3.8, 4) is 6.07 Å². The number of carbonyl (C=O) groups excluding carboxylic acids is 1. The minimum atomic E-state index is -1.66. The number of aliphatic imine (C=N–C) groups is 1. The third kappa shape index (κ3) is 3.20. The van der Waals surface area contributed by atoms with Crippen LogP contribution in [0, 0.1) is 28.6 Å². The van der Waals surface area contributed by atoms with Gasteiger partial charge in [0, 0.05) is 19.1 Å². The zero-order valence-electron chi connectivity index (χ0n) is 20.1. The Balaban J connectivity index is 1.62. The summed E-state index contributed by atoms with van der Waals surface area (Å²) in [5.74, 6) is 0.175. The lowest BCUT2D eigenvalue weighted by Crippen LogP contribution is -2.57. The van der Waals surface area contributed by atoms with Gasteiger partial charge >= 0.3 is 0 Å². The maximum absolute atomic E-state index is 15.6. The van der Waals surface area contributed by atoms with E-state index in [1.807, 2.05) is 6.07 Å². The van der Waals surface area contributed by atoms with Gasteiger partial charge in [-0.1, -0.05) is 19.9 Å². The van der Waals surface area contributed by atoms with E-state index in [4.69, 9.17) is 20.2 Å². The smallest absolute Gasteiger partial charge is 0.262 e. The van der Waals surface area contributed by atoms with E-state index in [1.54, 1.807) is 19.2 Å². The minimum absolute atomic E-state index is 0.0522. The number of hydrogen-bond donors (Lipinski definition) is 1. The maximum Gasteiger partial charge on any atom is 0.262 e. The molecule has 1 saturated heterocycles. The molecule has 8 heteroatoms. The van der Waals surface area contributed by atoms with Gasteiger partial charge < -0.3 is 15.2 Å². The molecule has 182 valence electrons. The quantitative estimate of drug-likeness (QED) is 0.735. The van der Waals surface area contributed by atoms with Gasteiger partial charge in [0.1, 0.15) is 0 Å². The predicted molar refractivity (Wildman–Crippen MR) is 125 cm³/mol. The lowest BCUT2D eigenvalue weighted by Gasteiger charge is -2.50. The van der Waals surface area contributed by atoms with Gasteiger partial charge in [-0.05, 0) is 67.2 Å². The van der Waals surface area contributed by atoms with E-state index in [1.165, 1.54) is 4.90 Å². The molecule has 34 heavy (non-hydrogen) atoms. The second kappa shape index (κ2) is 8.03. The first-order valence-corrected chi connectivity index (χ1v) is 12.2. The zero-order valence-corrected chi connectivity index (χ0v) is 20.1. The highest BCUT2D eigenvalue weighted by atomic mass is 19.1. The summed E-state index contributed by atoms with van der Waals surface area (Å²) in [6, 6.07) is 7.71. The number of rotatable bonds is 3.